The lowest BCUT2D eigenvalue weighted by molar-refractivity contribution is -0.150. The van der Waals surface area contributed by atoms with E-state index in [9.17, 15) is 19.4 Å². The molecule has 0 spiro atoms. The smallest absolute Gasteiger partial charge is 0.339 e. The van der Waals surface area contributed by atoms with Gasteiger partial charge in [0.05, 0.1) is 7.11 Å². The van der Waals surface area contributed by atoms with Crippen LogP contribution in [0.1, 0.15) is 17.2 Å². The lowest BCUT2D eigenvalue weighted by Crippen LogP contribution is -2.15. The van der Waals surface area contributed by atoms with Crippen LogP contribution in [0.5, 0.6) is 5.75 Å². The van der Waals surface area contributed by atoms with E-state index in [-0.39, 0.29) is 11.3 Å². The Kier molecular flexibility index (Phi) is 3.26. The van der Waals surface area contributed by atoms with Crippen LogP contribution in [0.2, 0.25) is 0 Å². The Morgan fingerprint density at radius 2 is 2.13 bits per heavy atom. The minimum atomic E-state index is -1.72. The van der Waals surface area contributed by atoms with Crippen LogP contribution < -0.4 is 0 Å². The molecule has 1 aromatic carbocycles. The maximum atomic E-state index is 13.3. The number of aromatic hydroxyl groups is 1. The van der Waals surface area contributed by atoms with Crippen molar-refractivity contribution in [3.63, 3.8) is 0 Å². The number of aliphatic hydroxyl groups is 1. The van der Waals surface area contributed by atoms with Gasteiger partial charge in [0.2, 0.25) is 0 Å². The van der Waals surface area contributed by atoms with Crippen molar-refractivity contribution in [2.24, 2.45) is 0 Å². The number of esters is 1. The van der Waals surface area contributed by atoms with Gasteiger partial charge in [-0.2, -0.15) is 0 Å². The molecule has 1 rings (SSSR count). The highest BCUT2D eigenvalue weighted by atomic mass is 19.1. The van der Waals surface area contributed by atoms with E-state index in [0.29, 0.717) is 5.56 Å². The number of methoxy groups -OCH3 is 1. The zero-order valence-corrected chi connectivity index (χ0v) is 8.32. The summed E-state index contributed by atoms with van der Waals surface area (Å²) in [5.41, 5.74) is 0.0262. The molecule has 0 heterocycles. The van der Waals surface area contributed by atoms with Gasteiger partial charge in [-0.3, -0.25) is 0 Å². The summed E-state index contributed by atoms with van der Waals surface area (Å²) in [4.78, 5) is 10.9. The molecule has 0 aliphatic rings. The van der Waals surface area contributed by atoms with Gasteiger partial charge >= 0.3 is 5.97 Å². The number of hydrogen-bond donors (Lipinski definition) is 2. The molecule has 1 unspecified atom stereocenters. The number of carbonyl (C=O) groups excluding carboxylic acids is 1. The third-order valence-corrected chi connectivity index (χ3v) is 2.03. The number of ether oxygens (including phenoxy) is 1. The molecule has 4 nitrogen and oxygen atoms in total. The van der Waals surface area contributed by atoms with Gasteiger partial charge < -0.3 is 14.9 Å². The van der Waals surface area contributed by atoms with Crippen molar-refractivity contribution in [2.45, 2.75) is 13.0 Å². The van der Waals surface area contributed by atoms with E-state index in [1.54, 1.807) is 0 Å². The minimum Gasteiger partial charge on any atom is -0.508 e. The standard InChI is InChI=1S/C10H11FO4/c1-5-3-7(11)6(4-8(5)12)9(13)10(14)15-2/h3-4,9,12-13H,1-2H3. The summed E-state index contributed by atoms with van der Waals surface area (Å²) in [6, 6.07) is 2.04. The molecule has 1 aromatic rings. The maximum Gasteiger partial charge on any atom is 0.339 e. The van der Waals surface area contributed by atoms with Gasteiger partial charge in [-0.1, -0.05) is 0 Å². The Hall–Kier alpha value is -1.62. The number of benzene rings is 1. The number of phenols is 1. The second-order valence-corrected chi connectivity index (χ2v) is 3.09. The Morgan fingerprint density at radius 3 is 2.67 bits per heavy atom. The summed E-state index contributed by atoms with van der Waals surface area (Å²) in [6.07, 6.45) is -1.72. The number of hydrogen-bond acceptors (Lipinski definition) is 4. The predicted molar refractivity (Wildman–Crippen MR) is 49.8 cm³/mol. The number of aryl methyl sites for hydroxylation is 1. The number of phenolic OH excluding ortho intramolecular Hbond substituents is 1. The van der Waals surface area contributed by atoms with Crippen LogP contribution >= 0.6 is 0 Å². The van der Waals surface area contributed by atoms with Gasteiger partial charge in [-0.05, 0) is 24.6 Å². The second kappa shape index (κ2) is 4.27. The van der Waals surface area contributed by atoms with Crippen LogP contribution in [0.25, 0.3) is 0 Å². The number of aliphatic hydroxyl groups excluding tert-OH is 1. The third kappa shape index (κ3) is 2.24. The summed E-state index contributed by atoms with van der Waals surface area (Å²) in [5, 5.41) is 18.7. The van der Waals surface area contributed by atoms with E-state index in [1.807, 2.05) is 0 Å². The van der Waals surface area contributed by atoms with E-state index in [1.165, 1.54) is 6.92 Å². The predicted octanol–water partition coefficient (Wildman–Crippen LogP) is 1.05. The Morgan fingerprint density at radius 1 is 1.53 bits per heavy atom. The van der Waals surface area contributed by atoms with Crippen LogP contribution in [-0.2, 0) is 9.53 Å². The molecule has 0 saturated heterocycles. The van der Waals surface area contributed by atoms with Crippen LogP contribution in [0.3, 0.4) is 0 Å². The van der Waals surface area contributed by atoms with E-state index in [0.717, 1.165) is 19.2 Å². The Labute approximate surface area is 85.9 Å². The molecule has 82 valence electrons. The molecule has 0 aromatic heterocycles. The second-order valence-electron chi connectivity index (χ2n) is 3.09. The highest BCUT2D eigenvalue weighted by Gasteiger charge is 2.22. The molecule has 0 saturated carbocycles. The average Bonchev–Trinajstić information content (AvgIpc) is 2.21. The lowest BCUT2D eigenvalue weighted by Gasteiger charge is -2.11. The summed E-state index contributed by atoms with van der Waals surface area (Å²) < 4.78 is 17.6. The van der Waals surface area contributed by atoms with Gasteiger partial charge in [0.15, 0.2) is 6.10 Å². The van der Waals surface area contributed by atoms with Gasteiger partial charge in [-0.15, -0.1) is 0 Å². The van der Waals surface area contributed by atoms with Gasteiger partial charge in [0.1, 0.15) is 11.6 Å². The van der Waals surface area contributed by atoms with Crippen LogP contribution in [0.15, 0.2) is 12.1 Å². The van der Waals surface area contributed by atoms with Crippen molar-refractivity contribution < 1.29 is 24.1 Å². The molecule has 5 heteroatoms. The average molecular weight is 214 g/mol. The Balaban J connectivity index is 3.14. The molecule has 1 atom stereocenters. The fraction of sp³-hybridized carbons (Fsp3) is 0.300. The summed E-state index contributed by atoms with van der Waals surface area (Å²) in [6.45, 7) is 1.51. The topological polar surface area (TPSA) is 66.8 Å². The van der Waals surface area contributed by atoms with E-state index >= 15 is 0 Å². The first-order valence-electron chi connectivity index (χ1n) is 4.22. The van der Waals surface area contributed by atoms with Crippen molar-refractivity contribution in [1.29, 1.82) is 0 Å². The van der Waals surface area contributed by atoms with Gasteiger partial charge in [0, 0.05) is 5.56 Å². The van der Waals surface area contributed by atoms with Crippen LogP contribution in [0, 0.1) is 12.7 Å². The monoisotopic (exact) mass is 214 g/mol. The van der Waals surface area contributed by atoms with Gasteiger partial charge in [0.25, 0.3) is 0 Å². The summed E-state index contributed by atoms with van der Waals surface area (Å²) >= 11 is 0. The summed E-state index contributed by atoms with van der Waals surface area (Å²) in [5.74, 6) is -1.92. The number of carbonyl (C=O) groups is 1. The minimum absolute atomic E-state index is 0.186. The molecular weight excluding hydrogens is 203 g/mol. The SMILES string of the molecule is COC(=O)C(O)c1cc(O)c(C)cc1F. The molecule has 0 radical (unpaired) electrons. The molecule has 15 heavy (non-hydrogen) atoms. The molecule has 0 bridgehead atoms. The zero-order valence-electron chi connectivity index (χ0n) is 8.32. The Bertz CT molecular complexity index is 389. The fourth-order valence-electron chi connectivity index (χ4n) is 1.13. The fourth-order valence-corrected chi connectivity index (χ4v) is 1.13. The first kappa shape index (κ1) is 11.5. The largest absolute Gasteiger partial charge is 0.508 e. The molecule has 0 fully saturated rings. The molecule has 0 aliphatic carbocycles. The maximum absolute atomic E-state index is 13.3. The van der Waals surface area contributed by atoms with Gasteiger partial charge in [-0.25, -0.2) is 9.18 Å². The normalized spacial score (nSPS) is 12.3. The quantitative estimate of drug-likeness (QED) is 0.722. The molecule has 2 N–H and O–H groups in total. The molecular formula is C10H11FO4. The van der Waals surface area contributed by atoms with Crippen molar-refractivity contribution in [2.75, 3.05) is 7.11 Å². The van der Waals surface area contributed by atoms with Crippen molar-refractivity contribution in [1.82, 2.24) is 0 Å². The molecule has 0 amide bonds. The molecule has 0 aliphatic heterocycles. The summed E-state index contributed by atoms with van der Waals surface area (Å²) in [7, 11) is 1.08. The zero-order chi connectivity index (χ0) is 11.6. The lowest BCUT2D eigenvalue weighted by atomic mass is 10.1. The third-order valence-electron chi connectivity index (χ3n) is 2.03. The number of halogens is 1. The van der Waals surface area contributed by atoms with E-state index in [4.69, 9.17) is 0 Å². The highest BCUT2D eigenvalue weighted by molar-refractivity contribution is 5.76. The van der Waals surface area contributed by atoms with E-state index in [2.05, 4.69) is 4.74 Å². The van der Waals surface area contributed by atoms with Crippen LogP contribution in [-0.4, -0.2) is 23.3 Å². The number of rotatable bonds is 2. The van der Waals surface area contributed by atoms with Crippen molar-refractivity contribution in [3.8, 4) is 5.75 Å². The van der Waals surface area contributed by atoms with Crippen molar-refractivity contribution in [3.05, 3.63) is 29.1 Å². The van der Waals surface area contributed by atoms with Crippen molar-refractivity contribution >= 4 is 5.97 Å². The first-order valence-corrected chi connectivity index (χ1v) is 4.22. The van der Waals surface area contributed by atoms with E-state index < -0.39 is 17.9 Å². The highest BCUT2D eigenvalue weighted by Crippen LogP contribution is 2.25. The van der Waals surface area contributed by atoms with Crippen LogP contribution in [0.4, 0.5) is 4.39 Å². The first-order chi connectivity index (χ1) is 6.97.